The minimum atomic E-state index is -3.33. The van der Waals surface area contributed by atoms with Gasteiger partial charge in [0.2, 0.25) is 10.0 Å². The van der Waals surface area contributed by atoms with Gasteiger partial charge < -0.3 is 4.90 Å². The van der Waals surface area contributed by atoms with E-state index in [0.29, 0.717) is 18.0 Å². The maximum Gasteiger partial charge on any atom is 0.243 e. The normalized spacial score (nSPS) is 31.0. The second kappa shape index (κ2) is 6.28. The molecule has 0 spiro atoms. The first-order valence-electron chi connectivity index (χ1n) is 9.11. The number of allylic oxidation sites excluding steroid dienone is 2. The molecular formula is C19H27N2O2S+. The molecule has 24 heavy (non-hydrogen) atoms. The molecule has 1 saturated heterocycles. The zero-order chi connectivity index (χ0) is 16.7. The monoisotopic (exact) mass is 347 g/mol. The second-order valence-electron chi connectivity index (χ2n) is 7.71. The minimum Gasteiger partial charge on any atom is -0.332 e. The molecule has 2 fully saturated rings. The zero-order valence-corrected chi connectivity index (χ0v) is 15.1. The summed E-state index contributed by atoms with van der Waals surface area (Å²) in [6.45, 7) is 6.34. The number of nitrogens with zero attached hydrogens (tertiary/aromatic N) is 1. The van der Waals surface area contributed by atoms with Crippen molar-refractivity contribution in [3.63, 3.8) is 0 Å². The molecule has 3 atom stereocenters. The molecule has 4 nitrogen and oxygen atoms in total. The van der Waals surface area contributed by atoms with Crippen LogP contribution in [0.4, 0.5) is 0 Å². The van der Waals surface area contributed by atoms with Crippen LogP contribution >= 0.6 is 0 Å². The van der Waals surface area contributed by atoms with Crippen LogP contribution in [0.15, 0.2) is 41.3 Å². The van der Waals surface area contributed by atoms with Gasteiger partial charge in [0.1, 0.15) is 0 Å². The van der Waals surface area contributed by atoms with Gasteiger partial charge in [-0.1, -0.05) is 29.8 Å². The number of hydrogen-bond donors (Lipinski definition) is 1. The lowest BCUT2D eigenvalue weighted by Crippen LogP contribution is -3.15. The first-order chi connectivity index (χ1) is 11.5. The number of aryl methyl sites for hydroxylation is 1. The highest BCUT2D eigenvalue weighted by atomic mass is 32.2. The Morgan fingerprint density at radius 3 is 2.38 bits per heavy atom. The standard InChI is InChI=1S/C19H26N2O2S/c1-15-2-6-19(7-3-15)24(22,23)21-10-8-20(9-11-21)14-18-13-16-4-5-17(18)12-16/h2-7,16-18H,8-14H2,1H3/p+1. The number of benzene rings is 1. The summed E-state index contributed by atoms with van der Waals surface area (Å²) in [6, 6.07) is 7.20. The summed E-state index contributed by atoms with van der Waals surface area (Å²) in [5.74, 6) is 2.43. The van der Waals surface area contributed by atoms with Crippen LogP contribution in [0.5, 0.6) is 0 Å². The fourth-order valence-electron chi connectivity index (χ4n) is 4.61. The predicted octanol–water partition coefficient (Wildman–Crippen LogP) is 1.10. The van der Waals surface area contributed by atoms with E-state index in [1.807, 2.05) is 19.1 Å². The first-order valence-corrected chi connectivity index (χ1v) is 10.5. The third-order valence-corrected chi connectivity index (χ3v) is 7.97. The van der Waals surface area contributed by atoms with Crippen LogP contribution in [0.1, 0.15) is 18.4 Å². The van der Waals surface area contributed by atoms with Gasteiger partial charge >= 0.3 is 0 Å². The molecule has 1 saturated carbocycles. The molecule has 5 heteroatoms. The van der Waals surface area contributed by atoms with E-state index in [9.17, 15) is 8.42 Å². The van der Waals surface area contributed by atoms with Gasteiger partial charge in [0.15, 0.2) is 0 Å². The van der Waals surface area contributed by atoms with Crippen molar-refractivity contribution in [3.8, 4) is 0 Å². The highest BCUT2D eigenvalue weighted by Gasteiger charge is 2.39. The summed E-state index contributed by atoms with van der Waals surface area (Å²) in [5, 5.41) is 0. The largest absolute Gasteiger partial charge is 0.332 e. The quantitative estimate of drug-likeness (QED) is 0.829. The van der Waals surface area contributed by atoms with Crippen molar-refractivity contribution >= 4 is 10.0 Å². The number of sulfonamides is 1. The van der Waals surface area contributed by atoms with Crippen LogP contribution in [0.2, 0.25) is 0 Å². The second-order valence-corrected chi connectivity index (χ2v) is 9.65. The molecule has 2 bridgehead atoms. The fraction of sp³-hybridized carbons (Fsp3) is 0.579. The first kappa shape index (κ1) is 16.3. The predicted molar refractivity (Wildman–Crippen MR) is 94.3 cm³/mol. The number of fused-ring (bicyclic) bond motifs is 2. The van der Waals surface area contributed by atoms with E-state index in [-0.39, 0.29) is 0 Å². The average Bonchev–Trinajstić information content (AvgIpc) is 3.19. The topological polar surface area (TPSA) is 41.8 Å². The van der Waals surface area contributed by atoms with E-state index >= 15 is 0 Å². The molecule has 1 aromatic carbocycles. The molecule has 0 radical (unpaired) electrons. The van der Waals surface area contributed by atoms with Crippen molar-refractivity contribution in [2.45, 2.75) is 24.7 Å². The molecule has 2 aliphatic carbocycles. The van der Waals surface area contributed by atoms with Crippen molar-refractivity contribution in [2.75, 3.05) is 32.7 Å². The highest BCUT2D eigenvalue weighted by molar-refractivity contribution is 7.89. The number of quaternary nitrogens is 1. The molecule has 1 N–H and O–H groups in total. The Morgan fingerprint density at radius 2 is 1.79 bits per heavy atom. The Balaban J connectivity index is 1.35. The summed E-state index contributed by atoms with van der Waals surface area (Å²) in [6.07, 6.45) is 7.50. The van der Waals surface area contributed by atoms with E-state index in [1.165, 1.54) is 19.4 Å². The average molecular weight is 348 g/mol. The van der Waals surface area contributed by atoms with Gasteiger partial charge in [0.25, 0.3) is 0 Å². The molecular weight excluding hydrogens is 320 g/mol. The van der Waals surface area contributed by atoms with Gasteiger partial charge in [0.05, 0.1) is 37.6 Å². The summed E-state index contributed by atoms with van der Waals surface area (Å²) in [4.78, 5) is 2.01. The van der Waals surface area contributed by atoms with E-state index in [0.717, 1.165) is 36.4 Å². The summed E-state index contributed by atoms with van der Waals surface area (Å²) in [7, 11) is -3.33. The number of nitrogens with one attached hydrogen (secondary N) is 1. The third-order valence-electron chi connectivity index (χ3n) is 6.06. The van der Waals surface area contributed by atoms with Crippen molar-refractivity contribution in [2.24, 2.45) is 17.8 Å². The highest BCUT2D eigenvalue weighted by Crippen LogP contribution is 2.42. The van der Waals surface area contributed by atoms with Gasteiger partial charge in [0, 0.05) is 5.92 Å². The Bertz CT molecular complexity index is 718. The van der Waals surface area contributed by atoms with Crippen LogP contribution in [0.25, 0.3) is 0 Å². The molecule has 3 aliphatic rings. The minimum absolute atomic E-state index is 0.426. The summed E-state index contributed by atoms with van der Waals surface area (Å²) >= 11 is 0. The molecule has 0 amide bonds. The van der Waals surface area contributed by atoms with Crippen molar-refractivity contribution in [1.29, 1.82) is 0 Å². The smallest absolute Gasteiger partial charge is 0.243 e. The Kier molecular flexibility index (Phi) is 4.27. The molecule has 130 valence electrons. The Hall–Kier alpha value is -1.17. The van der Waals surface area contributed by atoms with E-state index in [1.54, 1.807) is 21.3 Å². The lowest BCUT2D eigenvalue weighted by molar-refractivity contribution is -0.907. The molecule has 3 unspecified atom stereocenters. The lowest BCUT2D eigenvalue weighted by Gasteiger charge is -2.33. The molecule has 0 aromatic heterocycles. The lowest BCUT2D eigenvalue weighted by atomic mass is 9.93. The SMILES string of the molecule is Cc1ccc(S(=O)(=O)N2CC[NH+](CC3CC4C=CC3C4)CC2)cc1. The molecule has 1 aliphatic heterocycles. The fourth-order valence-corrected chi connectivity index (χ4v) is 6.05. The zero-order valence-electron chi connectivity index (χ0n) is 14.3. The van der Waals surface area contributed by atoms with Crippen LogP contribution in [-0.2, 0) is 10.0 Å². The van der Waals surface area contributed by atoms with E-state index in [2.05, 4.69) is 12.2 Å². The maximum absolute atomic E-state index is 12.8. The van der Waals surface area contributed by atoms with Crippen LogP contribution in [-0.4, -0.2) is 45.4 Å². The third kappa shape index (κ3) is 3.05. The number of piperazine rings is 1. The number of rotatable bonds is 4. The van der Waals surface area contributed by atoms with Crippen LogP contribution in [0, 0.1) is 24.7 Å². The van der Waals surface area contributed by atoms with E-state index in [4.69, 9.17) is 0 Å². The van der Waals surface area contributed by atoms with Crippen molar-refractivity contribution in [3.05, 3.63) is 42.0 Å². The maximum atomic E-state index is 12.8. The summed E-state index contributed by atoms with van der Waals surface area (Å²) < 4.78 is 27.2. The van der Waals surface area contributed by atoms with Gasteiger partial charge in [-0.05, 0) is 43.7 Å². The Labute approximate surface area is 145 Å². The van der Waals surface area contributed by atoms with Crippen LogP contribution < -0.4 is 4.90 Å². The van der Waals surface area contributed by atoms with Crippen molar-refractivity contribution in [1.82, 2.24) is 4.31 Å². The summed E-state index contributed by atoms with van der Waals surface area (Å²) in [5.41, 5.74) is 1.09. The van der Waals surface area contributed by atoms with Gasteiger partial charge in [-0.2, -0.15) is 4.31 Å². The van der Waals surface area contributed by atoms with Crippen LogP contribution in [0.3, 0.4) is 0 Å². The molecule has 1 heterocycles. The Morgan fingerprint density at radius 1 is 1.08 bits per heavy atom. The van der Waals surface area contributed by atoms with Gasteiger partial charge in [-0.15, -0.1) is 0 Å². The molecule has 4 rings (SSSR count). The molecule has 1 aromatic rings. The van der Waals surface area contributed by atoms with Gasteiger partial charge in [-0.3, -0.25) is 0 Å². The van der Waals surface area contributed by atoms with E-state index < -0.39 is 10.0 Å². The van der Waals surface area contributed by atoms with Crippen molar-refractivity contribution < 1.29 is 13.3 Å². The number of hydrogen-bond acceptors (Lipinski definition) is 2. The van der Waals surface area contributed by atoms with Gasteiger partial charge in [-0.25, -0.2) is 8.42 Å².